The van der Waals surface area contributed by atoms with Crippen molar-refractivity contribution in [3.8, 4) is 11.4 Å². The molecule has 3 nitrogen and oxygen atoms in total. The number of hydrogen-bond donors (Lipinski definition) is 1. The number of aryl methyl sites for hydroxylation is 1. The largest absolute Gasteiger partial charge is 0.311 e. The Balaban J connectivity index is 2.31. The lowest BCUT2D eigenvalue weighted by Crippen LogP contribution is -2.15. The molecule has 1 aromatic carbocycles. The maximum atomic E-state index is 13.1. The van der Waals surface area contributed by atoms with Crippen molar-refractivity contribution in [2.75, 3.05) is 6.54 Å². The predicted octanol–water partition coefficient (Wildman–Crippen LogP) is 3.85. The van der Waals surface area contributed by atoms with E-state index in [0.717, 1.165) is 29.9 Å². The van der Waals surface area contributed by atoms with Gasteiger partial charge in [0.25, 0.3) is 0 Å². The molecule has 0 bridgehead atoms. The van der Waals surface area contributed by atoms with Gasteiger partial charge in [-0.25, -0.2) is 14.4 Å². The zero-order valence-electron chi connectivity index (χ0n) is 11.6. The monoisotopic (exact) mass is 337 g/mol. The van der Waals surface area contributed by atoms with Crippen molar-refractivity contribution in [3.63, 3.8) is 0 Å². The lowest BCUT2D eigenvalue weighted by Gasteiger charge is -2.08. The first kappa shape index (κ1) is 15.1. The van der Waals surface area contributed by atoms with E-state index in [1.54, 1.807) is 6.07 Å². The summed E-state index contributed by atoms with van der Waals surface area (Å²) < 4.78 is 13.8. The smallest absolute Gasteiger partial charge is 0.160 e. The third kappa shape index (κ3) is 3.84. The van der Waals surface area contributed by atoms with E-state index in [0.29, 0.717) is 16.8 Å². The van der Waals surface area contributed by atoms with Gasteiger partial charge in [0.15, 0.2) is 5.82 Å². The maximum absolute atomic E-state index is 13.1. The Labute approximate surface area is 126 Å². The van der Waals surface area contributed by atoms with E-state index in [1.807, 2.05) is 13.0 Å². The number of nitrogens with one attached hydrogen (secondary N) is 1. The summed E-state index contributed by atoms with van der Waals surface area (Å²) in [6.45, 7) is 5.73. The van der Waals surface area contributed by atoms with Gasteiger partial charge in [-0.05, 0) is 60.1 Å². The van der Waals surface area contributed by atoms with Crippen molar-refractivity contribution >= 4 is 15.9 Å². The molecular formula is C15H17BrFN3. The Morgan fingerprint density at radius 3 is 2.75 bits per heavy atom. The number of nitrogens with zero attached hydrogens (tertiary/aromatic N) is 2. The molecule has 0 unspecified atom stereocenters. The highest BCUT2D eigenvalue weighted by Crippen LogP contribution is 2.26. The molecule has 2 aromatic rings. The molecule has 1 aromatic heterocycles. The zero-order chi connectivity index (χ0) is 14.5. The van der Waals surface area contributed by atoms with E-state index in [4.69, 9.17) is 0 Å². The van der Waals surface area contributed by atoms with Gasteiger partial charge < -0.3 is 5.32 Å². The predicted molar refractivity (Wildman–Crippen MR) is 81.9 cm³/mol. The highest BCUT2D eigenvalue weighted by molar-refractivity contribution is 9.10. The molecular weight excluding hydrogens is 321 g/mol. The second-order valence-electron chi connectivity index (χ2n) is 4.63. The van der Waals surface area contributed by atoms with E-state index in [-0.39, 0.29) is 5.82 Å². The molecule has 0 spiro atoms. The summed E-state index contributed by atoms with van der Waals surface area (Å²) in [6.07, 6.45) is 1.08. The molecule has 1 heterocycles. The summed E-state index contributed by atoms with van der Waals surface area (Å²) in [5.74, 6) is 0.336. The van der Waals surface area contributed by atoms with Crippen LogP contribution in [-0.4, -0.2) is 16.5 Å². The fourth-order valence-electron chi connectivity index (χ4n) is 1.91. The standard InChI is InChI=1S/C15H17BrFN3/c1-3-6-18-9-12-7-10(2)19-15(20-12)13-5-4-11(17)8-14(13)16/h4-5,7-8,18H,3,6,9H2,1-2H3. The molecule has 1 N–H and O–H groups in total. The molecule has 0 saturated heterocycles. The number of aromatic nitrogens is 2. The van der Waals surface area contributed by atoms with E-state index >= 15 is 0 Å². The lowest BCUT2D eigenvalue weighted by molar-refractivity contribution is 0.627. The quantitative estimate of drug-likeness (QED) is 0.842. The van der Waals surface area contributed by atoms with Gasteiger partial charge in [0, 0.05) is 22.3 Å². The molecule has 5 heteroatoms. The van der Waals surface area contributed by atoms with Gasteiger partial charge in [-0.2, -0.15) is 0 Å². The van der Waals surface area contributed by atoms with Crippen molar-refractivity contribution < 1.29 is 4.39 Å². The van der Waals surface area contributed by atoms with Crippen molar-refractivity contribution in [2.24, 2.45) is 0 Å². The molecule has 0 aliphatic rings. The van der Waals surface area contributed by atoms with Crippen LogP contribution in [0.2, 0.25) is 0 Å². The Morgan fingerprint density at radius 1 is 1.25 bits per heavy atom. The van der Waals surface area contributed by atoms with Gasteiger partial charge in [0.1, 0.15) is 5.82 Å². The average molecular weight is 338 g/mol. The van der Waals surface area contributed by atoms with Crippen LogP contribution >= 0.6 is 15.9 Å². The molecule has 106 valence electrons. The molecule has 2 rings (SSSR count). The minimum atomic E-state index is -0.280. The first-order valence-electron chi connectivity index (χ1n) is 6.61. The van der Waals surface area contributed by atoms with Gasteiger partial charge in [-0.3, -0.25) is 0 Å². The number of hydrogen-bond acceptors (Lipinski definition) is 3. The first-order valence-corrected chi connectivity index (χ1v) is 7.40. The van der Waals surface area contributed by atoms with E-state index < -0.39 is 0 Å². The van der Waals surface area contributed by atoms with Gasteiger partial charge in [0.05, 0.1) is 5.69 Å². The van der Waals surface area contributed by atoms with Crippen molar-refractivity contribution in [1.29, 1.82) is 0 Å². The molecule has 0 fully saturated rings. The Hall–Kier alpha value is -1.33. The van der Waals surface area contributed by atoms with E-state index in [1.165, 1.54) is 12.1 Å². The normalized spacial score (nSPS) is 10.8. The summed E-state index contributed by atoms with van der Waals surface area (Å²) in [7, 11) is 0. The zero-order valence-corrected chi connectivity index (χ0v) is 13.2. The lowest BCUT2D eigenvalue weighted by atomic mass is 10.2. The Kier molecular flexibility index (Phi) is 5.20. The van der Waals surface area contributed by atoms with Crippen molar-refractivity contribution in [2.45, 2.75) is 26.8 Å². The van der Waals surface area contributed by atoms with E-state index in [9.17, 15) is 4.39 Å². The minimum absolute atomic E-state index is 0.280. The second-order valence-corrected chi connectivity index (χ2v) is 5.48. The molecule has 20 heavy (non-hydrogen) atoms. The SMILES string of the molecule is CCCNCc1cc(C)nc(-c2ccc(F)cc2Br)n1. The van der Waals surface area contributed by atoms with Crippen LogP contribution in [0, 0.1) is 12.7 Å². The summed E-state index contributed by atoms with van der Waals surface area (Å²) in [5.41, 5.74) is 2.64. The van der Waals surface area contributed by atoms with Crippen LogP contribution in [0.4, 0.5) is 4.39 Å². The van der Waals surface area contributed by atoms with Crippen molar-refractivity contribution in [1.82, 2.24) is 15.3 Å². The van der Waals surface area contributed by atoms with Gasteiger partial charge in [-0.15, -0.1) is 0 Å². The Morgan fingerprint density at radius 2 is 2.05 bits per heavy atom. The molecule has 0 aliphatic carbocycles. The summed E-state index contributed by atoms with van der Waals surface area (Å²) in [5, 5.41) is 3.32. The van der Waals surface area contributed by atoms with Crippen LogP contribution < -0.4 is 5.32 Å². The van der Waals surface area contributed by atoms with Crippen LogP contribution in [0.1, 0.15) is 24.7 Å². The second kappa shape index (κ2) is 6.90. The molecule has 0 aliphatic heterocycles. The number of halogens is 2. The number of benzene rings is 1. The molecule has 0 atom stereocenters. The van der Waals surface area contributed by atoms with Crippen LogP contribution in [0.25, 0.3) is 11.4 Å². The highest BCUT2D eigenvalue weighted by Gasteiger charge is 2.09. The molecule has 0 amide bonds. The van der Waals surface area contributed by atoms with Crippen LogP contribution in [-0.2, 0) is 6.54 Å². The molecule has 0 saturated carbocycles. The van der Waals surface area contributed by atoms with Gasteiger partial charge in [0.2, 0.25) is 0 Å². The van der Waals surface area contributed by atoms with Crippen molar-refractivity contribution in [3.05, 3.63) is 45.9 Å². The summed E-state index contributed by atoms with van der Waals surface area (Å²) in [6, 6.07) is 6.50. The number of rotatable bonds is 5. The Bertz CT molecular complexity index is 602. The van der Waals surface area contributed by atoms with Crippen LogP contribution in [0.5, 0.6) is 0 Å². The van der Waals surface area contributed by atoms with Crippen LogP contribution in [0.3, 0.4) is 0 Å². The topological polar surface area (TPSA) is 37.8 Å². The fourth-order valence-corrected chi connectivity index (χ4v) is 2.44. The third-order valence-corrected chi connectivity index (χ3v) is 3.47. The van der Waals surface area contributed by atoms with Gasteiger partial charge >= 0.3 is 0 Å². The fraction of sp³-hybridized carbons (Fsp3) is 0.333. The first-order chi connectivity index (χ1) is 9.60. The highest BCUT2D eigenvalue weighted by atomic mass is 79.9. The maximum Gasteiger partial charge on any atom is 0.160 e. The third-order valence-electron chi connectivity index (χ3n) is 2.81. The van der Waals surface area contributed by atoms with Crippen LogP contribution in [0.15, 0.2) is 28.7 Å². The van der Waals surface area contributed by atoms with Gasteiger partial charge in [-0.1, -0.05) is 6.92 Å². The summed E-state index contributed by atoms with van der Waals surface area (Å²) in [4.78, 5) is 8.97. The van der Waals surface area contributed by atoms with E-state index in [2.05, 4.69) is 38.1 Å². The minimum Gasteiger partial charge on any atom is -0.311 e. The summed E-state index contributed by atoms with van der Waals surface area (Å²) >= 11 is 3.36. The average Bonchev–Trinajstić information content (AvgIpc) is 2.38. The molecule has 0 radical (unpaired) electrons.